The first-order valence-electron chi connectivity index (χ1n) is 10.1. The Balaban J connectivity index is 1.38. The summed E-state index contributed by atoms with van der Waals surface area (Å²) in [5.74, 6) is 1.95. The highest BCUT2D eigenvalue weighted by Gasteiger charge is 2.32. The number of nitrogens with one attached hydrogen (secondary N) is 1. The topological polar surface area (TPSA) is 86.3 Å². The van der Waals surface area contributed by atoms with Gasteiger partial charge in [0.2, 0.25) is 6.79 Å². The van der Waals surface area contributed by atoms with Crippen molar-refractivity contribution in [1.29, 1.82) is 0 Å². The van der Waals surface area contributed by atoms with E-state index in [-0.39, 0.29) is 31.7 Å². The lowest BCUT2D eigenvalue weighted by atomic mass is 10.1. The molecule has 0 aromatic heterocycles. The number of thioether (sulfide) groups is 1. The monoisotopic (exact) mass is 486 g/mol. The van der Waals surface area contributed by atoms with Gasteiger partial charge in [0.05, 0.1) is 19.1 Å². The van der Waals surface area contributed by atoms with Crippen LogP contribution in [0.4, 0.5) is 0 Å². The number of carbonyl (C=O) groups is 2. The standard InChI is InChI=1S/C23H22N2O6S2/c1-13-17(28-2)10-15(11-18(13)29-3)21(26)24-6-7-25-22(27)20(33-23(25)32)9-14-4-5-16-19(8-14)31-12-30-16/h4-5,8-11H,6-7,12H2,1-3H3,(H,24,26)/b20-9+. The lowest BCUT2D eigenvalue weighted by molar-refractivity contribution is -0.122. The molecule has 0 saturated carbocycles. The Hall–Kier alpha value is -3.24. The molecular formula is C23H22N2O6S2. The molecule has 4 rings (SSSR count). The molecule has 2 heterocycles. The van der Waals surface area contributed by atoms with E-state index in [2.05, 4.69) is 5.32 Å². The predicted molar refractivity (Wildman–Crippen MR) is 129 cm³/mol. The molecule has 1 fully saturated rings. The van der Waals surface area contributed by atoms with E-state index in [0.29, 0.717) is 37.8 Å². The first kappa shape index (κ1) is 22.9. The van der Waals surface area contributed by atoms with Crippen molar-refractivity contribution in [3.63, 3.8) is 0 Å². The Kier molecular flexibility index (Phi) is 6.75. The summed E-state index contributed by atoms with van der Waals surface area (Å²) < 4.78 is 21.8. The van der Waals surface area contributed by atoms with Crippen LogP contribution >= 0.6 is 24.0 Å². The fourth-order valence-electron chi connectivity index (χ4n) is 3.45. The zero-order valence-electron chi connectivity index (χ0n) is 18.3. The maximum Gasteiger partial charge on any atom is 0.266 e. The first-order chi connectivity index (χ1) is 15.9. The number of nitrogens with zero attached hydrogens (tertiary/aromatic N) is 1. The van der Waals surface area contributed by atoms with Crippen LogP contribution in [-0.2, 0) is 4.79 Å². The van der Waals surface area contributed by atoms with Crippen LogP contribution in [-0.4, -0.2) is 55.1 Å². The highest BCUT2D eigenvalue weighted by atomic mass is 32.2. The Morgan fingerprint density at radius 2 is 1.88 bits per heavy atom. The molecule has 8 nitrogen and oxygen atoms in total. The number of benzene rings is 2. The second-order valence-corrected chi connectivity index (χ2v) is 8.88. The van der Waals surface area contributed by atoms with Crippen molar-refractivity contribution in [2.75, 3.05) is 34.1 Å². The number of ether oxygens (including phenoxy) is 4. The Morgan fingerprint density at radius 1 is 1.18 bits per heavy atom. The van der Waals surface area contributed by atoms with Crippen molar-refractivity contribution in [2.24, 2.45) is 0 Å². The van der Waals surface area contributed by atoms with Gasteiger partial charge in [-0.2, -0.15) is 0 Å². The minimum absolute atomic E-state index is 0.189. The van der Waals surface area contributed by atoms with Crippen LogP contribution in [0.25, 0.3) is 6.08 Å². The molecule has 2 aliphatic rings. The van der Waals surface area contributed by atoms with Gasteiger partial charge in [-0.3, -0.25) is 14.5 Å². The lowest BCUT2D eigenvalue weighted by Crippen LogP contribution is -2.37. The van der Waals surface area contributed by atoms with Crippen molar-refractivity contribution in [3.05, 3.63) is 51.9 Å². The Labute approximate surface area is 200 Å². The maximum atomic E-state index is 12.9. The average molecular weight is 487 g/mol. The van der Waals surface area contributed by atoms with Gasteiger partial charge in [-0.05, 0) is 42.8 Å². The van der Waals surface area contributed by atoms with E-state index in [9.17, 15) is 9.59 Å². The molecule has 0 bridgehead atoms. The van der Waals surface area contributed by atoms with Gasteiger partial charge in [-0.1, -0.05) is 30.0 Å². The highest BCUT2D eigenvalue weighted by molar-refractivity contribution is 8.26. The third kappa shape index (κ3) is 4.76. The van der Waals surface area contributed by atoms with Gasteiger partial charge in [0.1, 0.15) is 15.8 Å². The molecule has 1 N–H and O–H groups in total. The maximum absolute atomic E-state index is 12.9. The summed E-state index contributed by atoms with van der Waals surface area (Å²) in [7, 11) is 3.07. The first-order valence-corrected chi connectivity index (χ1v) is 11.3. The summed E-state index contributed by atoms with van der Waals surface area (Å²) in [5.41, 5.74) is 2.03. The van der Waals surface area contributed by atoms with Crippen molar-refractivity contribution < 1.29 is 28.5 Å². The summed E-state index contributed by atoms with van der Waals surface area (Å²) in [5, 5.41) is 2.82. The molecule has 2 aromatic rings. The number of methoxy groups -OCH3 is 2. The van der Waals surface area contributed by atoms with Gasteiger partial charge in [-0.15, -0.1) is 0 Å². The van der Waals surface area contributed by atoms with Crippen LogP contribution in [0.1, 0.15) is 21.5 Å². The average Bonchev–Trinajstić information content (AvgIpc) is 3.38. The van der Waals surface area contributed by atoms with Gasteiger partial charge < -0.3 is 24.3 Å². The van der Waals surface area contributed by atoms with Gasteiger partial charge in [-0.25, -0.2) is 0 Å². The van der Waals surface area contributed by atoms with Crippen LogP contribution in [0.15, 0.2) is 35.2 Å². The van der Waals surface area contributed by atoms with Gasteiger partial charge in [0.25, 0.3) is 11.8 Å². The number of carbonyl (C=O) groups excluding carboxylic acids is 2. The fourth-order valence-corrected chi connectivity index (χ4v) is 4.76. The van der Waals surface area contributed by atoms with E-state index in [1.165, 1.54) is 30.9 Å². The second kappa shape index (κ2) is 9.72. The Bertz CT molecular complexity index is 1140. The molecule has 0 aliphatic carbocycles. The highest BCUT2D eigenvalue weighted by Crippen LogP contribution is 2.36. The SMILES string of the molecule is COc1cc(C(=O)NCCN2C(=O)/C(=C\c3ccc4c(c3)OCO4)SC2=S)cc(OC)c1C. The summed E-state index contributed by atoms with van der Waals surface area (Å²) in [6, 6.07) is 8.78. The van der Waals surface area contributed by atoms with Crippen LogP contribution in [0.2, 0.25) is 0 Å². The van der Waals surface area contributed by atoms with E-state index < -0.39 is 0 Å². The minimum Gasteiger partial charge on any atom is -0.496 e. The molecule has 10 heteroatoms. The smallest absolute Gasteiger partial charge is 0.266 e. The van der Waals surface area contributed by atoms with Crippen molar-refractivity contribution >= 4 is 46.2 Å². The Morgan fingerprint density at radius 3 is 2.58 bits per heavy atom. The van der Waals surface area contributed by atoms with Crippen LogP contribution < -0.4 is 24.3 Å². The van der Waals surface area contributed by atoms with Crippen LogP contribution in [0.5, 0.6) is 23.0 Å². The quantitative estimate of drug-likeness (QED) is 0.471. The van der Waals surface area contributed by atoms with Gasteiger partial charge in [0, 0.05) is 24.2 Å². The van der Waals surface area contributed by atoms with Gasteiger partial charge in [0.15, 0.2) is 11.5 Å². The summed E-state index contributed by atoms with van der Waals surface area (Å²) in [6.45, 7) is 2.54. The van der Waals surface area contributed by atoms with Crippen molar-refractivity contribution in [3.8, 4) is 23.0 Å². The summed E-state index contributed by atoms with van der Waals surface area (Å²) in [4.78, 5) is 27.5. The number of amides is 2. The third-order valence-electron chi connectivity index (χ3n) is 5.20. The zero-order valence-corrected chi connectivity index (χ0v) is 19.9. The molecule has 0 atom stereocenters. The normalized spacial score (nSPS) is 15.8. The molecule has 33 heavy (non-hydrogen) atoms. The third-order valence-corrected chi connectivity index (χ3v) is 6.58. The summed E-state index contributed by atoms with van der Waals surface area (Å²) >= 11 is 6.61. The second-order valence-electron chi connectivity index (χ2n) is 7.21. The number of rotatable bonds is 7. The van der Waals surface area contributed by atoms with Crippen molar-refractivity contribution in [2.45, 2.75) is 6.92 Å². The molecule has 1 saturated heterocycles. The van der Waals surface area contributed by atoms with Crippen LogP contribution in [0, 0.1) is 6.92 Å². The number of fused-ring (bicyclic) bond motifs is 1. The molecule has 0 spiro atoms. The van der Waals surface area contributed by atoms with E-state index in [1.807, 2.05) is 19.1 Å². The van der Waals surface area contributed by atoms with Crippen molar-refractivity contribution in [1.82, 2.24) is 10.2 Å². The summed E-state index contributed by atoms with van der Waals surface area (Å²) in [6.07, 6.45) is 1.77. The largest absolute Gasteiger partial charge is 0.496 e. The van der Waals surface area contributed by atoms with Gasteiger partial charge >= 0.3 is 0 Å². The molecule has 0 unspecified atom stereocenters. The van der Waals surface area contributed by atoms with Crippen LogP contribution in [0.3, 0.4) is 0 Å². The number of hydrogen-bond acceptors (Lipinski definition) is 8. The fraction of sp³-hybridized carbons (Fsp3) is 0.261. The molecule has 2 aromatic carbocycles. The van der Waals surface area contributed by atoms with E-state index >= 15 is 0 Å². The van der Waals surface area contributed by atoms with E-state index in [0.717, 1.165) is 11.1 Å². The molecule has 0 radical (unpaired) electrons. The molecule has 2 amide bonds. The lowest BCUT2D eigenvalue weighted by Gasteiger charge is -2.16. The molecule has 2 aliphatic heterocycles. The number of thiocarbonyl (C=S) groups is 1. The molecular weight excluding hydrogens is 464 g/mol. The minimum atomic E-state index is -0.298. The number of hydrogen-bond donors (Lipinski definition) is 1. The predicted octanol–water partition coefficient (Wildman–Crippen LogP) is 3.37. The van der Waals surface area contributed by atoms with E-state index in [1.54, 1.807) is 24.3 Å². The molecule has 172 valence electrons. The zero-order chi connectivity index (χ0) is 23.5. The van der Waals surface area contributed by atoms with E-state index in [4.69, 9.17) is 31.2 Å².